The van der Waals surface area contributed by atoms with Crippen LogP contribution in [0.3, 0.4) is 0 Å². The number of amides is 2. The first-order chi connectivity index (χ1) is 11.3. The average molecular weight is 336 g/mol. The van der Waals surface area contributed by atoms with Crippen LogP contribution >= 0.6 is 0 Å². The fourth-order valence-corrected chi connectivity index (χ4v) is 2.58. The maximum absolute atomic E-state index is 12.4. The van der Waals surface area contributed by atoms with E-state index in [1.54, 1.807) is 4.90 Å². The number of ether oxygens (including phenoxy) is 1. The summed E-state index contributed by atoms with van der Waals surface area (Å²) in [7, 11) is 0. The van der Waals surface area contributed by atoms with Crippen molar-refractivity contribution in [3.05, 3.63) is 23.8 Å². The fourth-order valence-electron chi connectivity index (χ4n) is 2.58. The lowest BCUT2D eigenvalue weighted by Gasteiger charge is -2.32. The Hall–Kier alpha value is -2.44. The summed E-state index contributed by atoms with van der Waals surface area (Å²) in [6.45, 7) is 5.30. The second kappa shape index (κ2) is 7.90. The molecule has 0 radical (unpaired) electrons. The predicted octanol–water partition coefficient (Wildman–Crippen LogP) is 2.08. The molecule has 0 atom stereocenters. The molecule has 0 unspecified atom stereocenters. The third kappa shape index (κ3) is 5.04. The van der Waals surface area contributed by atoms with Gasteiger partial charge in [0.1, 0.15) is 11.5 Å². The van der Waals surface area contributed by atoms with E-state index in [0.717, 1.165) is 0 Å². The van der Waals surface area contributed by atoms with Gasteiger partial charge in [0, 0.05) is 30.8 Å². The zero-order valence-corrected chi connectivity index (χ0v) is 14.0. The normalized spacial score (nSPS) is 15.4. The Balaban J connectivity index is 1.83. The van der Waals surface area contributed by atoms with Gasteiger partial charge in [0.15, 0.2) is 0 Å². The number of phenols is 2. The maximum Gasteiger partial charge on any atom is 0.407 e. The molecule has 1 fully saturated rings. The first-order valence-corrected chi connectivity index (χ1v) is 8.10. The van der Waals surface area contributed by atoms with E-state index in [9.17, 15) is 19.8 Å². The molecular weight excluding hydrogens is 312 g/mol. The van der Waals surface area contributed by atoms with Crippen LogP contribution in [-0.2, 0) is 4.74 Å². The van der Waals surface area contributed by atoms with Gasteiger partial charge in [-0.2, -0.15) is 0 Å². The number of carbonyl (C=O) groups is 2. The van der Waals surface area contributed by atoms with E-state index >= 15 is 0 Å². The number of likely N-dealkylation sites (tertiary alicyclic amines) is 1. The molecule has 1 heterocycles. The highest BCUT2D eigenvalue weighted by atomic mass is 16.5. The Morgan fingerprint density at radius 3 is 2.33 bits per heavy atom. The highest BCUT2D eigenvalue weighted by Gasteiger charge is 2.25. The minimum atomic E-state index is -0.425. The summed E-state index contributed by atoms with van der Waals surface area (Å²) in [5, 5.41) is 21.8. The van der Waals surface area contributed by atoms with Gasteiger partial charge < -0.3 is 25.2 Å². The van der Waals surface area contributed by atoms with Crippen molar-refractivity contribution in [3.8, 4) is 11.5 Å². The summed E-state index contributed by atoms with van der Waals surface area (Å²) in [4.78, 5) is 25.7. The van der Waals surface area contributed by atoms with E-state index in [1.165, 1.54) is 18.2 Å². The van der Waals surface area contributed by atoms with E-state index in [4.69, 9.17) is 4.74 Å². The highest BCUT2D eigenvalue weighted by Crippen LogP contribution is 2.22. The van der Waals surface area contributed by atoms with Crippen molar-refractivity contribution < 1.29 is 24.5 Å². The molecule has 3 N–H and O–H groups in total. The zero-order chi connectivity index (χ0) is 17.7. The molecule has 0 spiro atoms. The van der Waals surface area contributed by atoms with Crippen LogP contribution < -0.4 is 5.32 Å². The van der Waals surface area contributed by atoms with Crippen molar-refractivity contribution in [1.29, 1.82) is 0 Å². The summed E-state index contributed by atoms with van der Waals surface area (Å²) in [6, 6.07) is 3.81. The van der Waals surface area contributed by atoms with Gasteiger partial charge in [-0.25, -0.2) is 4.79 Å². The van der Waals surface area contributed by atoms with Crippen molar-refractivity contribution in [2.24, 2.45) is 5.92 Å². The first kappa shape index (κ1) is 17.9. The molecular formula is C17H24N2O5. The van der Waals surface area contributed by atoms with Gasteiger partial charge in [0.25, 0.3) is 5.91 Å². The predicted molar refractivity (Wildman–Crippen MR) is 88.0 cm³/mol. The van der Waals surface area contributed by atoms with E-state index in [2.05, 4.69) is 5.32 Å². The number of benzene rings is 1. The lowest BCUT2D eigenvalue weighted by molar-refractivity contribution is 0.0699. The molecule has 7 heteroatoms. The number of carbonyl (C=O) groups excluding carboxylic acids is 2. The van der Waals surface area contributed by atoms with Gasteiger partial charge in [0.05, 0.1) is 6.61 Å². The number of aromatic hydroxyl groups is 2. The van der Waals surface area contributed by atoms with Gasteiger partial charge in [-0.15, -0.1) is 0 Å². The molecule has 2 amide bonds. The van der Waals surface area contributed by atoms with Crippen molar-refractivity contribution in [2.75, 3.05) is 19.7 Å². The monoisotopic (exact) mass is 336 g/mol. The second-order valence-electron chi connectivity index (χ2n) is 6.44. The van der Waals surface area contributed by atoms with Crippen LogP contribution in [-0.4, -0.2) is 52.9 Å². The lowest BCUT2D eigenvalue weighted by Crippen LogP contribution is -2.46. The molecule has 1 aliphatic heterocycles. The van der Waals surface area contributed by atoms with Crippen molar-refractivity contribution >= 4 is 12.0 Å². The first-order valence-electron chi connectivity index (χ1n) is 8.10. The third-order valence-corrected chi connectivity index (χ3v) is 3.80. The Bertz CT molecular complexity index is 574. The topological polar surface area (TPSA) is 99.1 Å². The Kier molecular flexibility index (Phi) is 5.89. The summed E-state index contributed by atoms with van der Waals surface area (Å²) >= 11 is 0. The third-order valence-electron chi connectivity index (χ3n) is 3.80. The smallest absolute Gasteiger partial charge is 0.407 e. The minimum absolute atomic E-state index is 0.0220. The summed E-state index contributed by atoms with van der Waals surface area (Å²) < 4.78 is 5.09. The number of alkyl carbamates (subject to hydrolysis) is 1. The van der Waals surface area contributed by atoms with Crippen LogP contribution in [0, 0.1) is 5.92 Å². The molecule has 0 aliphatic carbocycles. The van der Waals surface area contributed by atoms with Crippen LogP contribution in [0.4, 0.5) is 4.79 Å². The minimum Gasteiger partial charge on any atom is -0.508 e. The number of hydrogen-bond donors (Lipinski definition) is 3. The second-order valence-corrected chi connectivity index (χ2v) is 6.44. The standard InChI is InChI=1S/C17H24N2O5/c1-11(2)10-24-17(23)18-13-3-5-19(6-4-13)16(22)12-7-14(20)9-15(21)8-12/h7-9,11,13,20-21H,3-6,10H2,1-2H3,(H,18,23). The number of phenolic OH excluding ortho intramolecular Hbond substituents is 2. The van der Waals surface area contributed by atoms with Gasteiger partial charge in [-0.1, -0.05) is 13.8 Å². The molecule has 1 saturated heterocycles. The van der Waals surface area contributed by atoms with Crippen LogP contribution in [0.15, 0.2) is 18.2 Å². The largest absolute Gasteiger partial charge is 0.508 e. The molecule has 24 heavy (non-hydrogen) atoms. The average Bonchev–Trinajstić information content (AvgIpc) is 2.52. The van der Waals surface area contributed by atoms with Gasteiger partial charge in [0.2, 0.25) is 0 Å². The zero-order valence-electron chi connectivity index (χ0n) is 14.0. The van der Waals surface area contributed by atoms with Gasteiger partial charge in [-0.3, -0.25) is 4.79 Å². The Morgan fingerprint density at radius 2 is 1.79 bits per heavy atom. The van der Waals surface area contributed by atoms with Crippen molar-refractivity contribution in [2.45, 2.75) is 32.7 Å². The Labute approximate surface area is 141 Å². The number of piperidine rings is 1. The van der Waals surface area contributed by atoms with Gasteiger partial charge in [-0.05, 0) is 30.9 Å². The van der Waals surface area contributed by atoms with Crippen LogP contribution in [0.25, 0.3) is 0 Å². The summed E-state index contributed by atoms with van der Waals surface area (Å²) in [5.41, 5.74) is 0.246. The number of nitrogens with one attached hydrogen (secondary N) is 1. The number of rotatable bonds is 4. The molecule has 1 aliphatic rings. The van der Waals surface area contributed by atoms with Crippen LogP contribution in [0.5, 0.6) is 11.5 Å². The molecule has 1 aromatic rings. The van der Waals surface area contributed by atoms with E-state index in [-0.39, 0.29) is 34.9 Å². The fraction of sp³-hybridized carbons (Fsp3) is 0.529. The van der Waals surface area contributed by atoms with E-state index < -0.39 is 6.09 Å². The molecule has 0 saturated carbocycles. The van der Waals surface area contributed by atoms with Crippen molar-refractivity contribution in [1.82, 2.24) is 10.2 Å². The molecule has 0 bridgehead atoms. The van der Waals surface area contributed by atoms with Crippen molar-refractivity contribution in [3.63, 3.8) is 0 Å². The van der Waals surface area contributed by atoms with E-state index in [1.807, 2.05) is 13.8 Å². The summed E-state index contributed by atoms with van der Waals surface area (Å²) in [5.74, 6) is -0.262. The Morgan fingerprint density at radius 1 is 1.21 bits per heavy atom. The lowest BCUT2D eigenvalue weighted by atomic mass is 10.0. The van der Waals surface area contributed by atoms with Crippen LogP contribution in [0.1, 0.15) is 37.0 Å². The van der Waals surface area contributed by atoms with E-state index in [0.29, 0.717) is 32.5 Å². The molecule has 1 aromatic carbocycles. The van der Waals surface area contributed by atoms with Crippen LogP contribution in [0.2, 0.25) is 0 Å². The quantitative estimate of drug-likeness (QED) is 0.782. The molecule has 7 nitrogen and oxygen atoms in total. The summed E-state index contributed by atoms with van der Waals surface area (Å²) in [6.07, 6.45) is 0.840. The number of nitrogens with zero attached hydrogens (tertiary/aromatic N) is 1. The highest BCUT2D eigenvalue weighted by molar-refractivity contribution is 5.95. The maximum atomic E-state index is 12.4. The molecule has 2 rings (SSSR count). The molecule has 0 aromatic heterocycles. The number of hydrogen-bond acceptors (Lipinski definition) is 5. The molecule has 132 valence electrons. The van der Waals surface area contributed by atoms with Gasteiger partial charge >= 0.3 is 6.09 Å². The SMILES string of the molecule is CC(C)COC(=O)NC1CCN(C(=O)c2cc(O)cc(O)c2)CC1.